The zero-order chi connectivity index (χ0) is 22.0. The lowest BCUT2D eigenvalue weighted by Gasteiger charge is -2.20. The molecule has 0 aliphatic heterocycles. The van der Waals surface area contributed by atoms with Crippen molar-refractivity contribution >= 4 is 51.6 Å². The SMILES string of the molecule is CCN(CC)c1ccc(-c2nc3cc(NC(=O)c4cc(Cl)ccc4Cl)ccc3o2)cc1. The van der Waals surface area contributed by atoms with E-state index in [1.807, 2.05) is 12.1 Å². The van der Waals surface area contributed by atoms with Gasteiger partial charge in [-0.1, -0.05) is 23.2 Å². The molecule has 7 heteroatoms. The van der Waals surface area contributed by atoms with Crippen molar-refractivity contribution in [1.82, 2.24) is 4.98 Å². The van der Waals surface area contributed by atoms with E-state index in [0.29, 0.717) is 38.3 Å². The normalized spacial score (nSPS) is 11.0. The number of rotatable bonds is 6. The molecule has 1 aromatic heterocycles. The Balaban J connectivity index is 1.57. The van der Waals surface area contributed by atoms with Crippen LogP contribution < -0.4 is 10.2 Å². The molecule has 158 valence electrons. The fraction of sp³-hybridized carbons (Fsp3) is 0.167. The average Bonchev–Trinajstić information content (AvgIpc) is 3.20. The molecule has 3 aromatic carbocycles. The third kappa shape index (κ3) is 4.53. The summed E-state index contributed by atoms with van der Waals surface area (Å²) >= 11 is 12.1. The molecule has 0 radical (unpaired) electrons. The highest BCUT2D eigenvalue weighted by Crippen LogP contribution is 2.28. The summed E-state index contributed by atoms with van der Waals surface area (Å²) < 4.78 is 5.91. The average molecular weight is 454 g/mol. The van der Waals surface area contributed by atoms with E-state index in [9.17, 15) is 4.79 Å². The van der Waals surface area contributed by atoms with E-state index in [4.69, 9.17) is 27.6 Å². The number of fused-ring (bicyclic) bond motifs is 1. The molecule has 0 spiro atoms. The summed E-state index contributed by atoms with van der Waals surface area (Å²) in [5.74, 6) is 0.185. The first-order chi connectivity index (χ1) is 15.0. The second-order valence-corrected chi connectivity index (χ2v) is 7.84. The van der Waals surface area contributed by atoms with Crippen LogP contribution in [-0.2, 0) is 0 Å². The second-order valence-electron chi connectivity index (χ2n) is 7.00. The summed E-state index contributed by atoms with van der Waals surface area (Å²) in [7, 11) is 0. The van der Waals surface area contributed by atoms with Crippen molar-refractivity contribution in [2.24, 2.45) is 0 Å². The number of halogens is 2. The Bertz CT molecular complexity index is 1230. The van der Waals surface area contributed by atoms with Crippen LogP contribution in [0.4, 0.5) is 11.4 Å². The standard InChI is InChI=1S/C24H21Cl2N3O2/c1-3-29(4-2)18-9-5-15(6-10-18)24-28-21-14-17(8-12-22(21)31-24)27-23(30)19-13-16(25)7-11-20(19)26/h5-14H,3-4H2,1-2H3,(H,27,30). The molecule has 1 amide bonds. The first-order valence-corrected chi connectivity index (χ1v) is 10.8. The number of carbonyl (C=O) groups is 1. The van der Waals surface area contributed by atoms with Gasteiger partial charge in [0.25, 0.3) is 5.91 Å². The monoisotopic (exact) mass is 453 g/mol. The van der Waals surface area contributed by atoms with E-state index in [-0.39, 0.29) is 5.91 Å². The number of hydrogen-bond acceptors (Lipinski definition) is 4. The predicted molar refractivity (Wildman–Crippen MR) is 127 cm³/mol. The Labute approximate surface area is 190 Å². The minimum atomic E-state index is -0.345. The van der Waals surface area contributed by atoms with Crippen LogP contribution >= 0.6 is 23.2 Å². The molecular weight excluding hydrogens is 433 g/mol. The van der Waals surface area contributed by atoms with Gasteiger partial charge in [0.15, 0.2) is 5.58 Å². The molecule has 0 unspecified atom stereocenters. The Morgan fingerprint density at radius 1 is 1.00 bits per heavy atom. The maximum Gasteiger partial charge on any atom is 0.257 e. The Hall–Kier alpha value is -3.02. The molecular formula is C24H21Cl2N3O2. The van der Waals surface area contributed by atoms with Gasteiger partial charge in [-0.05, 0) is 74.5 Å². The number of benzene rings is 3. The van der Waals surface area contributed by atoms with E-state index < -0.39 is 0 Å². The van der Waals surface area contributed by atoms with E-state index in [1.165, 1.54) is 6.07 Å². The molecule has 0 fully saturated rings. The fourth-order valence-electron chi connectivity index (χ4n) is 3.40. The maximum absolute atomic E-state index is 12.6. The molecule has 1 N–H and O–H groups in total. The van der Waals surface area contributed by atoms with Gasteiger partial charge >= 0.3 is 0 Å². The molecule has 0 aliphatic rings. The van der Waals surface area contributed by atoms with E-state index in [1.54, 1.807) is 30.3 Å². The summed E-state index contributed by atoms with van der Waals surface area (Å²) in [6.07, 6.45) is 0. The predicted octanol–water partition coefficient (Wildman–Crippen LogP) is 6.90. The van der Waals surface area contributed by atoms with Crippen molar-refractivity contribution in [2.45, 2.75) is 13.8 Å². The number of aromatic nitrogens is 1. The minimum Gasteiger partial charge on any atom is -0.436 e. The van der Waals surface area contributed by atoms with Crippen molar-refractivity contribution in [2.75, 3.05) is 23.3 Å². The molecule has 0 saturated carbocycles. The topological polar surface area (TPSA) is 58.4 Å². The Kier molecular flexibility index (Phi) is 6.16. The van der Waals surface area contributed by atoms with Crippen molar-refractivity contribution in [3.05, 3.63) is 76.3 Å². The van der Waals surface area contributed by atoms with Gasteiger partial charge in [0.1, 0.15) is 5.52 Å². The molecule has 0 bridgehead atoms. The van der Waals surface area contributed by atoms with Gasteiger partial charge in [0.05, 0.1) is 10.6 Å². The second kappa shape index (κ2) is 9.00. The van der Waals surface area contributed by atoms with Gasteiger partial charge in [0.2, 0.25) is 5.89 Å². The van der Waals surface area contributed by atoms with Gasteiger partial charge in [0, 0.05) is 35.1 Å². The van der Waals surface area contributed by atoms with Crippen LogP contribution in [0.2, 0.25) is 10.0 Å². The van der Waals surface area contributed by atoms with Gasteiger partial charge in [-0.3, -0.25) is 4.79 Å². The number of anilines is 2. The van der Waals surface area contributed by atoms with Crippen LogP contribution in [0.25, 0.3) is 22.6 Å². The first kappa shape index (κ1) is 21.2. The highest BCUT2D eigenvalue weighted by Gasteiger charge is 2.14. The highest BCUT2D eigenvalue weighted by atomic mass is 35.5. The molecule has 4 aromatic rings. The van der Waals surface area contributed by atoms with Crippen LogP contribution in [0.5, 0.6) is 0 Å². The number of nitrogens with one attached hydrogen (secondary N) is 1. The highest BCUT2D eigenvalue weighted by molar-refractivity contribution is 6.36. The molecule has 1 heterocycles. The van der Waals surface area contributed by atoms with Crippen LogP contribution in [0.1, 0.15) is 24.2 Å². The quantitative estimate of drug-likeness (QED) is 0.344. The Morgan fingerprint density at radius 3 is 2.45 bits per heavy atom. The lowest BCUT2D eigenvalue weighted by Crippen LogP contribution is -2.21. The lowest BCUT2D eigenvalue weighted by molar-refractivity contribution is 0.102. The molecule has 0 saturated heterocycles. The third-order valence-corrected chi connectivity index (χ3v) is 5.63. The smallest absolute Gasteiger partial charge is 0.257 e. The van der Waals surface area contributed by atoms with Gasteiger partial charge in [-0.2, -0.15) is 0 Å². The van der Waals surface area contributed by atoms with E-state index in [2.05, 4.69) is 41.2 Å². The number of amides is 1. The molecule has 5 nitrogen and oxygen atoms in total. The minimum absolute atomic E-state index is 0.309. The first-order valence-electron chi connectivity index (χ1n) is 10.0. The molecule has 0 aliphatic carbocycles. The lowest BCUT2D eigenvalue weighted by atomic mass is 10.2. The van der Waals surface area contributed by atoms with Gasteiger partial charge < -0.3 is 14.6 Å². The van der Waals surface area contributed by atoms with Crippen LogP contribution in [0.15, 0.2) is 65.1 Å². The summed E-state index contributed by atoms with van der Waals surface area (Å²) in [5.41, 5.74) is 4.24. The fourth-order valence-corrected chi connectivity index (χ4v) is 3.78. The molecule has 4 rings (SSSR count). The molecule has 0 atom stereocenters. The van der Waals surface area contributed by atoms with Gasteiger partial charge in [-0.15, -0.1) is 0 Å². The van der Waals surface area contributed by atoms with Crippen LogP contribution in [0, 0.1) is 0 Å². The van der Waals surface area contributed by atoms with Crippen molar-refractivity contribution in [3.8, 4) is 11.5 Å². The zero-order valence-corrected chi connectivity index (χ0v) is 18.7. The summed E-state index contributed by atoms with van der Waals surface area (Å²) in [6, 6.07) is 18.2. The van der Waals surface area contributed by atoms with E-state index >= 15 is 0 Å². The van der Waals surface area contributed by atoms with E-state index in [0.717, 1.165) is 24.3 Å². The molecule has 31 heavy (non-hydrogen) atoms. The summed E-state index contributed by atoms with van der Waals surface area (Å²) in [4.78, 5) is 19.5. The zero-order valence-electron chi connectivity index (χ0n) is 17.2. The van der Waals surface area contributed by atoms with Gasteiger partial charge in [-0.25, -0.2) is 4.98 Å². The van der Waals surface area contributed by atoms with Crippen molar-refractivity contribution in [1.29, 1.82) is 0 Å². The number of nitrogens with zero attached hydrogens (tertiary/aromatic N) is 2. The van der Waals surface area contributed by atoms with Crippen LogP contribution in [0.3, 0.4) is 0 Å². The third-order valence-electron chi connectivity index (χ3n) is 5.06. The van der Waals surface area contributed by atoms with Crippen molar-refractivity contribution in [3.63, 3.8) is 0 Å². The van der Waals surface area contributed by atoms with Crippen molar-refractivity contribution < 1.29 is 9.21 Å². The summed E-state index contributed by atoms with van der Waals surface area (Å²) in [5, 5.41) is 3.61. The van der Waals surface area contributed by atoms with Crippen LogP contribution in [-0.4, -0.2) is 24.0 Å². The largest absolute Gasteiger partial charge is 0.436 e. The number of oxazole rings is 1. The number of carbonyl (C=O) groups excluding carboxylic acids is 1. The Morgan fingerprint density at radius 2 is 1.74 bits per heavy atom. The maximum atomic E-state index is 12.6. The number of hydrogen-bond donors (Lipinski definition) is 1. The summed E-state index contributed by atoms with van der Waals surface area (Å²) in [6.45, 7) is 6.17.